The average Bonchev–Trinajstić information content (AvgIpc) is 2.60. The summed E-state index contributed by atoms with van der Waals surface area (Å²) in [5.74, 6) is 0.638. The van der Waals surface area contributed by atoms with Crippen LogP contribution < -0.4 is 5.32 Å². The molecule has 80 valence electrons. The zero-order valence-electron chi connectivity index (χ0n) is 9.63. The van der Waals surface area contributed by atoms with Crippen LogP contribution in [0.1, 0.15) is 42.4 Å². The zero-order valence-corrected chi connectivity index (χ0v) is 10.4. The van der Waals surface area contributed by atoms with Crippen molar-refractivity contribution in [2.75, 3.05) is 7.05 Å². The van der Waals surface area contributed by atoms with Crippen molar-refractivity contribution in [2.45, 2.75) is 45.6 Å². The quantitative estimate of drug-likeness (QED) is 0.785. The molecule has 0 radical (unpaired) electrons. The molecule has 0 aromatic carbocycles. The largest absolute Gasteiger partial charge is 0.316 e. The minimum atomic E-state index is 0.623. The van der Waals surface area contributed by atoms with E-state index in [2.05, 4.69) is 45.3 Å². The summed E-state index contributed by atoms with van der Waals surface area (Å²) in [6.07, 6.45) is 2.51. The maximum Gasteiger partial charge on any atom is 0.0138 e. The van der Waals surface area contributed by atoms with Crippen LogP contribution in [-0.2, 0) is 0 Å². The second-order valence-electron chi connectivity index (χ2n) is 3.92. The SMILES string of the molecule is CCCC(NC)C(C)c1ccc(C)s1. The highest BCUT2D eigenvalue weighted by Crippen LogP contribution is 2.28. The van der Waals surface area contributed by atoms with E-state index in [1.807, 2.05) is 11.3 Å². The third kappa shape index (κ3) is 2.82. The standard InChI is InChI=1S/C12H21NS/c1-5-6-11(13-4)10(3)12-8-7-9(2)14-12/h7-8,10-11,13H,5-6H2,1-4H3. The topological polar surface area (TPSA) is 12.0 Å². The Bertz CT molecular complexity index is 267. The Morgan fingerprint density at radius 3 is 2.57 bits per heavy atom. The predicted octanol–water partition coefficient (Wildman–Crippen LogP) is 3.55. The van der Waals surface area contributed by atoms with Crippen molar-refractivity contribution >= 4 is 11.3 Å². The van der Waals surface area contributed by atoms with Gasteiger partial charge in [-0.05, 0) is 32.5 Å². The molecule has 0 aliphatic heterocycles. The summed E-state index contributed by atoms with van der Waals surface area (Å²) in [6.45, 7) is 6.74. The Labute approximate surface area is 91.5 Å². The number of nitrogens with one attached hydrogen (secondary N) is 1. The van der Waals surface area contributed by atoms with Crippen molar-refractivity contribution < 1.29 is 0 Å². The van der Waals surface area contributed by atoms with Crippen LogP contribution in [0.5, 0.6) is 0 Å². The van der Waals surface area contributed by atoms with E-state index < -0.39 is 0 Å². The Kier molecular flexibility index (Phi) is 4.63. The molecule has 2 atom stereocenters. The molecule has 1 N–H and O–H groups in total. The third-order valence-electron chi connectivity index (χ3n) is 2.78. The van der Waals surface area contributed by atoms with E-state index >= 15 is 0 Å². The van der Waals surface area contributed by atoms with Crippen LogP contribution in [-0.4, -0.2) is 13.1 Å². The number of hydrogen-bond donors (Lipinski definition) is 1. The Balaban J connectivity index is 2.66. The van der Waals surface area contributed by atoms with E-state index in [-0.39, 0.29) is 0 Å². The molecule has 0 fully saturated rings. The monoisotopic (exact) mass is 211 g/mol. The first-order chi connectivity index (χ1) is 6.69. The molecule has 1 aromatic heterocycles. The first kappa shape index (κ1) is 11.7. The van der Waals surface area contributed by atoms with Gasteiger partial charge in [-0.25, -0.2) is 0 Å². The lowest BCUT2D eigenvalue weighted by Crippen LogP contribution is -2.30. The third-order valence-corrected chi connectivity index (χ3v) is 3.99. The molecule has 0 amide bonds. The molecular formula is C12H21NS. The average molecular weight is 211 g/mol. The summed E-state index contributed by atoms with van der Waals surface area (Å²) in [7, 11) is 2.07. The summed E-state index contributed by atoms with van der Waals surface area (Å²) in [5, 5.41) is 3.42. The van der Waals surface area contributed by atoms with Crippen molar-refractivity contribution in [1.29, 1.82) is 0 Å². The van der Waals surface area contributed by atoms with Crippen molar-refractivity contribution in [3.05, 3.63) is 21.9 Å². The summed E-state index contributed by atoms with van der Waals surface area (Å²) in [6, 6.07) is 5.11. The van der Waals surface area contributed by atoms with Gasteiger partial charge in [-0.1, -0.05) is 20.3 Å². The second kappa shape index (κ2) is 5.52. The summed E-state index contributed by atoms with van der Waals surface area (Å²) in [5.41, 5.74) is 0. The Hall–Kier alpha value is -0.340. The first-order valence-corrected chi connectivity index (χ1v) is 6.24. The highest BCUT2D eigenvalue weighted by atomic mass is 32.1. The fourth-order valence-corrected chi connectivity index (χ4v) is 2.85. The minimum absolute atomic E-state index is 0.623. The van der Waals surface area contributed by atoms with E-state index in [0.717, 1.165) is 0 Å². The van der Waals surface area contributed by atoms with E-state index in [1.54, 1.807) is 0 Å². The van der Waals surface area contributed by atoms with Crippen molar-refractivity contribution in [3.8, 4) is 0 Å². The molecular weight excluding hydrogens is 190 g/mol. The zero-order chi connectivity index (χ0) is 10.6. The molecule has 0 spiro atoms. The molecule has 1 aromatic rings. The number of rotatable bonds is 5. The lowest BCUT2D eigenvalue weighted by atomic mass is 9.96. The van der Waals surface area contributed by atoms with Gasteiger partial charge in [0.2, 0.25) is 0 Å². The van der Waals surface area contributed by atoms with Crippen LogP contribution in [0.3, 0.4) is 0 Å². The van der Waals surface area contributed by atoms with Crippen LogP contribution >= 0.6 is 11.3 Å². The van der Waals surface area contributed by atoms with E-state index in [0.29, 0.717) is 12.0 Å². The smallest absolute Gasteiger partial charge is 0.0138 e. The second-order valence-corrected chi connectivity index (χ2v) is 5.24. The van der Waals surface area contributed by atoms with Gasteiger partial charge in [0.05, 0.1) is 0 Å². The highest BCUT2D eigenvalue weighted by Gasteiger charge is 2.17. The highest BCUT2D eigenvalue weighted by molar-refractivity contribution is 7.12. The molecule has 2 heteroatoms. The molecule has 0 aliphatic carbocycles. The predicted molar refractivity (Wildman–Crippen MR) is 65.2 cm³/mol. The number of hydrogen-bond acceptors (Lipinski definition) is 2. The van der Waals surface area contributed by atoms with Gasteiger partial charge in [0.25, 0.3) is 0 Å². The first-order valence-electron chi connectivity index (χ1n) is 5.42. The summed E-state index contributed by atoms with van der Waals surface area (Å²) < 4.78 is 0. The molecule has 2 unspecified atom stereocenters. The van der Waals surface area contributed by atoms with Crippen LogP contribution in [0.2, 0.25) is 0 Å². The molecule has 1 nitrogen and oxygen atoms in total. The number of thiophene rings is 1. The van der Waals surface area contributed by atoms with Gasteiger partial charge < -0.3 is 5.32 Å². The van der Waals surface area contributed by atoms with Crippen LogP contribution in [0.4, 0.5) is 0 Å². The van der Waals surface area contributed by atoms with Gasteiger partial charge in [-0.15, -0.1) is 11.3 Å². The van der Waals surface area contributed by atoms with Crippen molar-refractivity contribution in [1.82, 2.24) is 5.32 Å². The molecule has 1 heterocycles. The lowest BCUT2D eigenvalue weighted by Gasteiger charge is -2.22. The van der Waals surface area contributed by atoms with Crippen LogP contribution in [0.15, 0.2) is 12.1 Å². The fraction of sp³-hybridized carbons (Fsp3) is 0.667. The fourth-order valence-electron chi connectivity index (χ4n) is 1.85. The van der Waals surface area contributed by atoms with Crippen LogP contribution in [0.25, 0.3) is 0 Å². The van der Waals surface area contributed by atoms with Gasteiger partial charge in [-0.2, -0.15) is 0 Å². The Morgan fingerprint density at radius 1 is 1.43 bits per heavy atom. The summed E-state index contributed by atoms with van der Waals surface area (Å²) >= 11 is 1.93. The van der Waals surface area contributed by atoms with Gasteiger partial charge >= 0.3 is 0 Å². The minimum Gasteiger partial charge on any atom is -0.316 e. The van der Waals surface area contributed by atoms with E-state index in [4.69, 9.17) is 0 Å². The number of likely N-dealkylation sites (N-methyl/N-ethyl adjacent to an activating group) is 1. The molecule has 1 rings (SSSR count). The normalized spacial score (nSPS) is 15.4. The molecule has 0 saturated heterocycles. The lowest BCUT2D eigenvalue weighted by molar-refractivity contribution is 0.455. The van der Waals surface area contributed by atoms with E-state index in [1.165, 1.54) is 22.6 Å². The van der Waals surface area contributed by atoms with E-state index in [9.17, 15) is 0 Å². The van der Waals surface area contributed by atoms with Gasteiger partial charge in [0.15, 0.2) is 0 Å². The van der Waals surface area contributed by atoms with Crippen molar-refractivity contribution in [3.63, 3.8) is 0 Å². The number of aryl methyl sites for hydroxylation is 1. The van der Waals surface area contributed by atoms with Crippen LogP contribution in [0, 0.1) is 6.92 Å². The maximum absolute atomic E-state index is 3.42. The molecule has 0 bridgehead atoms. The molecule has 14 heavy (non-hydrogen) atoms. The maximum atomic E-state index is 3.42. The molecule has 0 aliphatic rings. The van der Waals surface area contributed by atoms with Gasteiger partial charge in [0, 0.05) is 21.7 Å². The van der Waals surface area contributed by atoms with Crippen molar-refractivity contribution in [2.24, 2.45) is 0 Å². The summed E-state index contributed by atoms with van der Waals surface area (Å²) in [4.78, 5) is 2.92. The molecule has 0 saturated carbocycles. The Morgan fingerprint density at radius 2 is 2.14 bits per heavy atom. The van der Waals surface area contributed by atoms with Gasteiger partial charge in [-0.3, -0.25) is 0 Å². The van der Waals surface area contributed by atoms with Gasteiger partial charge in [0.1, 0.15) is 0 Å².